The molecular formula is C16H12FNO3. The molecule has 2 aromatic carbocycles. The van der Waals surface area contributed by atoms with Gasteiger partial charge in [0.1, 0.15) is 11.3 Å². The van der Waals surface area contributed by atoms with Crippen molar-refractivity contribution in [2.24, 2.45) is 0 Å². The number of nitrogens with zero attached hydrogens (tertiary/aromatic N) is 1. The molecule has 3 aromatic rings. The Labute approximate surface area is 119 Å². The highest BCUT2D eigenvalue weighted by molar-refractivity contribution is 5.81. The molecule has 0 aliphatic rings. The zero-order chi connectivity index (χ0) is 15.0. The number of oxazole rings is 1. The van der Waals surface area contributed by atoms with Crippen molar-refractivity contribution in [3.8, 4) is 11.5 Å². The lowest BCUT2D eigenvalue weighted by Crippen LogP contribution is -2.06. The van der Waals surface area contributed by atoms with E-state index < -0.39 is 11.9 Å². The Hall–Kier alpha value is -2.69. The fourth-order valence-corrected chi connectivity index (χ4v) is 2.07. The summed E-state index contributed by atoms with van der Waals surface area (Å²) in [6.07, 6.45) is 0. The van der Waals surface area contributed by atoms with Crippen molar-refractivity contribution in [3.05, 3.63) is 53.8 Å². The van der Waals surface area contributed by atoms with Crippen molar-refractivity contribution < 1.29 is 18.7 Å². The van der Waals surface area contributed by atoms with Crippen LogP contribution in [0.3, 0.4) is 0 Å². The summed E-state index contributed by atoms with van der Waals surface area (Å²) in [6.45, 7) is 1.62. The molecule has 3 rings (SSSR count). The van der Waals surface area contributed by atoms with Crippen molar-refractivity contribution in [3.63, 3.8) is 0 Å². The highest BCUT2D eigenvalue weighted by Crippen LogP contribution is 2.27. The van der Waals surface area contributed by atoms with Gasteiger partial charge in [-0.3, -0.25) is 4.79 Å². The molecule has 0 unspecified atom stereocenters. The minimum absolute atomic E-state index is 0.326. The highest BCUT2D eigenvalue weighted by Gasteiger charge is 2.16. The van der Waals surface area contributed by atoms with E-state index in [9.17, 15) is 9.18 Å². The first-order chi connectivity index (χ1) is 10.0. The summed E-state index contributed by atoms with van der Waals surface area (Å²) < 4.78 is 18.5. The van der Waals surface area contributed by atoms with E-state index in [-0.39, 0.29) is 5.82 Å². The van der Waals surface area contributed by atoms with Gasteiger partial charge >= 0.3 is 5.97 Å². The maximum absolute atomic E-state index is 12.9. The predicted octanol–water partition coefficient (Wildman–Crippen LogP) is 3.82. The fourth-order valence-electron chi connectivity index (χ4n) is 2.07. The Balaban J connectivity index is 2.04. The third kappa shape index (κ3) is 2.50. The molecule has 0 radical (unpaired) electrons. The molecule has 4 nitrogen and oxygen atoms in total. The van der Waals surface area contributed by atoms with Gasteiger partial charge in [0.15, 0.2) is 5.58 Å². The number of halogens is 1. The van der Waals surface area contributed by atoms with E-state index in [4.69, 9.17) is 9.52 Å². The lowest BCUT2D eigenvalue weighted by molar-refractivity contribution is -0.138. The molecule has 0 bridgehead atoms. The second-order valence-corrected chi connectivity index (χ2v) is 4.81. The first kappa shape index (κ1) is 13.3. The van der Waals surface area contributed by atoms with Crippen molar-refractivity contribution in [2.75, 3.05) is 0 Å². The molecule has 21 heavy (non-hydrogen) atoms. The van der Waals surface area contributed by atoms with Crippen LogP contribution in [0, 0.1) is 5.82 Å². The van der Waals surface area contributed by atoms with E-state index in [1.165, 1.54) is 12.1 Å². The molecule has 0 saturated carbocycles. The summed E-state index contributed by atoms with van der Waals surface area (Å²) in [5, 5.41) is 9.04. The molecule has 106 valence electrons. The standard InChI is InChI=1S/C16H12FNO3/c1-9(16(19)20)11-4-7-14-13(8-11)18-15(21-14)10-2-5-12(17)6-3-10/h2-9H,1H3,(H,19,20)/t9-/m0/s1. The van der Waals surface area contributed by atoms with Crippen molar-refractivity contribution in [1.82, 2.24) is 4.98 Å². The molecule has 1 N–H and O–H groups in total. The van der Waals surface area contributed by atoms with E-state index in [1.54, 1.807) is 37.3 Å². The number of benzene rings is 2. The average molecular weight is 285 g/mol. The van der Waals surface area contributed by atoms with Gasteiger partial charge in [0, 0.05) is 5.56 Å². The fraction of sp³-hybridized carbons (Fsp3) is 0.125. The zero-order valence-electron chi connectivity index (χ0n) is 11.2. The van der Waals surface area contributed by atoms with Crippen LogP contribution in [0.2, 0.25) is 0 Å². The van der Waals surface area contributed by atoms with Gasteiger partial charge in [-0.1, -0.05) is 6.07 Å². The van der Waals surface area contributed by atoms with Crippen molar-refractivity contribution in [2.45, 2.75) is 12.8 Å². The maximum atomic E-state index is 12.9. The zero-order valence-corrected chi connectivity index (χ0v) is 11.2. The van der Waals surface area contributed by atoms with Gasteiger partial charge in [-0.25, -0.2) is 9.37 Å². The second kappa shape index (κ2) is 5.01. The van der Waals surface area contributed by atoms with Crippen LogP contribution in [-0.2, 0) is 4.79 Å². The first-order valence-corrected chi connectivity index (χ1v) is 6.44. The number of aromatic nitrogens is 1. The normalized spacial score (nSPS) is 12.5. The van der Waals surface area contributed by atoms with Gasteiger partial charge in [-0.05, 0) is 48.9 Å². The van der Waals surface area contributed by atoms with Crippen molar-refractivity contribution >= 4 is 17.1 Å². The summed E-state index contributed by atoms with van der Waals surface area (Å²) >= 11 is 0. The van der Waals surface area contributed by atoms with E-state index in [0.717, 1.165) is 0 Å². The molecular weight excluding hydrogens is 273 g/mol. The summed E-state index contributed by atoms with van der Waals surface area (Å²) in [5.41, 5.74) is 2.48. The number of carbonyl (C=O) groups is 1. The van der Waals surface area contributed by atoms with Crippen LogP contribution in [0.25, 0.3) is 22.6 Å². The third-order valence-electron chi connectivity index (χ3n) is 3.37. The van der Waals surface area contributed by atoms with Crippen LogP contribution in [0.4, 0.5) is 4.39 Å². The van der Waals surface area contributed by atoms with Crippen LogP contribution < -0.4 is 0 Å². The number of rotatable bonds is 3. The number of aliphatic carboxylic acids is 1. The summed E-state index contributed by atoms with van der Waals surface area (Å²) in [5.74, 6) is -1.45. The topological polar surface area (TPSA) is 63.3 Å². The summed E-state index contributed by atoms with van der Waals surface area (Å²) in [6, 6.07) is 10.9. The molecule has 0 aliphatic heterocycles. The number of fused-ring (bicyclic) bond motifs is 1. The highest BCUT2D eigenvalue weighted by atomic mass is 19.1. The molecule has 0 amide bonds. The van der Waals surface area contributed by atoms with Crippen LogP contribution in [0.1, 0.15) is 18.4 Å². The summed E-state index contributed by atoms with van der Waals surface area (Å²) in [4.78, 5) is 15.3. The Kier molecular flexibility index (Phi) is 3.17. The van der Waals surface area contributed by atoms with Gasteiger partial charge < -0.3 is 9.52 Å². The largest absolute Gasteiger partial charge is 0.481 e. The van der Waals surface area contributed by atoms with Crippen LogP contribution >= 0.6 is 0 Å². The van der Waals surface area contributed by atoms with Crippen LogP contribution in [0.15, 0.2) is 46.9 Å². The minimum atomic E-state index is -0.892. The number of carboxylic acids is 1. The van der Waals surface area contributed by atoms with Gasteiger partial charge in [-0.2, -0.15) is 0 Å². The van der Waals surface area contributed by atoms with E-state index in [1.807, 2.05) is 0 Å². The van der Waals surface area contributed by atoms with E-state index in [0.29, 0.717) is 28.1 Å². The Morgan fingerprint density at radius 2 is 1.95 bits per heavy atom. The van der Waals surface area contributed by atoms with E-state index in [2.05, 4.69) is 4.98 Å². The second-order valence-electron chi connectivity index (χ2n) is 4.81. The third-order valence-corrected chi connectivity index (χ3v) is 3.37. The molecule has 0 saturated heterocycles. The molecule has 5 heteroatoms. The molecule has 0 spiro atoms. The molecule has 0 fully saturated rings. The Bertz CT molecular complexity index is 808. The quantitative estimate of drug-likeness (QED) is 0.794. The van der Waals surface area contributed by atoms with Gasteiger partial charge in [0.2, 0.25) is 5.89 Å². The Morgan fingerprint density at radius 1 is 1.24 bits per heavy atom. The predicted molar refractivity (Wildman–Crippen MR) is 75.5 cm³/mol. The number of hydrogen-bond acceptors (Lipinski definition) is 3. The smallest absolute Gasteiger partial charge is 0.310 e. The monoisotopic (exact) mass is 285 g/mol. The molecule has 1 atom stereocenters. The number of carboxylic acid groups (broad SMARTS) is 1. The SMILES string of the molecule is C[C@H](C(=O)O)c1ccc2oc(-c3ccc(F)cc3)nc2c1. The first-order valence-electron chi connectivity index (χ1n) is 6.44. The number of hydrogen-bond donors (Lipinski definition) is 1. The van der Waals surface area contributed by atoms with Crippen LogP contribution in [-0.4, -0.2) is 16.1 Å². The lowest BCUT2D eigenvalue weighted by Gasteiger charge is -2.04. The molecule has 1 aromatic heterocycles. The lowest BCUT2D eigenvalue weighted by atomic mass is 10.0. The average Bonchev–Trinajstić information content (AvgIpc) is 2.89. The van der Waals surface area contributed by atoms with Gasteiger partial charge in [0.05, 0.1) is 5.92 Å². The maximum Gasteiger partial charge on any atom is 0.310 e. The molecule has 0 aliphatic carbocycles. The minimum Gasteiger partial charge on any atom is -0.481 e. The molecule has 1 heterocycles. The van der Waals surface area contributed by atoms with E-state index >= 15 is 0 Å². The van der Waals surface area contributed by atoms with Gasteiger partial charge in [0.25, 0.3) is 0 Å². The van der Waals surface area contributed by atoms with Crippen molar-refractivity contribution in [1.29, 1.82) is 0 Å². The Morgan fingerprint density at radius 3 is 2.62 bits per heavy atom. The van der Waals surface area contributed by atoms with Crippen LogP contribution in [0.5, 0.6) is 0 Å². The van der Waals surface area contributed by atoms with Gasteiger partial charge in [-0.15, -0.1) is 0 Å². The summed E-state index contributed by atoms with van der Waals surface area (Å²) in [7, 11) is 0.